The largest absolute Gasteiger partial charge is 0.354 e. The van der Waals surface area contributed by atoms with Crippen LogP contribution in [0.15, 0.2) is 6.07 Å². The summed E-state index contributed by atoms with van der Waals surface area (Å²) >= 11 is 5.97. The van der Waals surface area contributed by atoms with E-state index in [4.69, 9.17) is 11.6 Å². The predicted octanol–water partition coefficient (Wildman–Crippen LogP) is 1.49. The molecule has 1 aliphatic heterocycles. The first kappa shape index (κ1) is 13.5. The van der Waals surface area contributed by atoms with Crippen LogP contribution in [0.1, 0.15) is 25.6 Å². The lowest BCUT2D eigenvalue weighted by Gasteiger charge is -2.28. The van der Waals surface area contributed by atoms with E-state index in [1.165, 1.54) is 0 Å². The minimum atomic E-state index is -2.88. The summed E-state index contributed by atoms with van der Waals surface area (Å²) < 4.78 is 22.8. The Labute approximate surface area is 112 Å². The SMILES string of the molecule is CC(C)c1nc(Cl)cc(N2CCS(=O)(=O)CC2)n1. The van der Waals surface area contributed by atoms with E-state index < -0.39 is 9.84 Å². The quantitative estimate of drug-likeness (QED) is 0.772. The summed E-state index contributed by atoms with van der Waals surface area (Å²) in [7, 11) is -2.88. The molecule has 1 aromatic heterocycles. The first-order valence-corrected chi connectivity index (χ1v) is 8.07. The molecule has 0 radical (unpaired) electrons. The van der Waals surface area contributed by atoms with Gasteiger partial charge in [-0.15, -0.1) is 0 Å². The van der Waals surface area contributed by atoms with Crippen LogP contribution < -0.4 is 4.90 Å². The average Bonchev–Trinajstić information content (AvgIpc) is 2.28. The normalized spacial score (nSPS) is 19.2. The van der Waals surface area contributed by atoms with Crippen LogP contribution in [0.3, 0.4) is 0 Å². The minimum absolute atomic E-state index is 0.172. The third kappa shape index (κ3) is 3.11. The van der Waals surface area contributed by atoms with Gasteiger partial charge in [0.25, 0.3) is 0 Å². The van der Waals surface area contributed by atoms with E-state index in [-0.39, 0.29) is 17.4 Å². The van der Waals surface area contributed by atoms with E-state index in [1.54, 1.807) is 6.07 Å². The summed E-state index contributed by atoms with van der Waals surface area (Å²) in [5, 5.41) is 0.400. The maximum absolute atomic E-state index is 11.4. The molecule has 0 unspecified atom stereocenters. The molecule has 1 saturated heterocycles. The van der Waals surface area contributed by atoms with Gasteiger partial charge in [0.1, 0.15) is 16.8 Å². The number of sulfone groups is 1. The Morgan fingerprint density at radius 1 is 1.28 bits per heavy atom. The van der Waals surface area contributed by atoms with Crippen LogP contribution in [0.2, 0.25) is 5.15 Å². The van der Waals surface area contributed by atoms with Crippen LogP contribution in [0.4, 0.5) is 5.82 Å². The van der Waals surface area contributed by atoms with E-state index in [0.29, 0.717) is 29.9 Å². The molecule has 18 heavy (non-hydrogen) atoms. The first-order valence-electron chi connectivity index (χ1n) is 5.87. The topological polar surface area (TPSA) is 63.2 Å². The second-order valence-electron chi connectivity index (χ2n) is 4.70. The molecule has 1 aromatic rings. The van der Waals surface area contributed by atoms with Gasteiger partial charge in [0.15, 0.2) is 9.84 Å². The standard InChI is InChI=1S/C11H16ClN3O2S/c1-8(2)11-13-9(12)7-10(14-11)15-3-5-18(16,17)6-4-15/h7-8H,3-6H2,1-2H3. The lowest BCUT2D eigenvalue weighted by molar-refractivity contribution is 0.586. The van der Waals surface area contributed by atoms with Gasteiger partial charge in [0.2, 0.25) is 0 Å². The summed E-state index contributed by atoms with van der Waals surface area (Å²) in [6, 6.07) is 1.69. The fourth-order valence-electron chi connectivity index (χ4n) is 1.78. The molecule has 7 heteroatoms. The number of rotatable bonds is 2. The van der Waals surface area contributed by atoms with Crippen LogP contribution >= 0.6 is 11.6 Å². The highest BCUT2D eigenvalue weighted by atomic mass is 35.5. The van der Waals surface area contributed by atoms with Gasteiger partial charge >= 0.3 is 0 Å². The Morgan fingerprint density at radius 2 is 1.89 bits per heavy atom. The minimum Gasteiger partial charge on any atom is -0.354 e. The molecule has 2 rings (SSSR count). The second kappa shape index (κ2) is 5.01. The second-order valence-corrected chi connectivity index (χ2v) is 7.39. The molecule has 2 heterocycles. The van der Waals surface area contributed by atoms with Crippen LogP contribution in [-0.4, -0.2) is 43.0 Å². The van der Waals surface area contributed by atoms with Crippen LogP contribution in [0, 0.1) is 0 Å². The molecule has 0 spiro atoms. The maximum atomic E-state index is 11.4. The summed E-state index contributed by atoms with van der Waals surface area (Å²) in [5.74, 6) is 1.94. The zero-order chi connectivity index (χ0) is 13.3. The number of hydrogen-bond donors (Lipinski definition) is 0. The highest BCUT2D eigenvalue weighted by Gasteiger charge is 2.23. The molecule has 0 atom stereocenters. The highest BCUT2D eigenvalue weighted by molar-refractivity contribution is 7.91. The van der Waals surface area contributed by atoms with Crippen molar-refractivity contribution in [3.63, 3.8) is 0 Å². The molecule has 0 amide bonds. The van der Waals surface area contributed by atoms with Crippen molar-refractivity contribution < 1.29 is 8.42 Å². The summed E-state index contributed by atoms with van der Waals surface area (Å²) in [4.78, 5) is 10.6. The van der Waals surface area contributed by atoms with Crippen LogP contribution in [-0.2, 0) is 9.84 Å². The van der Waals surface area contributed by atoms with Gasteiger partial charge in [0, 0.05) is 25.1 Å². The third-order valence-electron chi connectivity index (χ3n) is 2.88. The number of aromatic nitrogens is 2. The van der Waals surface area contributed by atoms with Gasteiger partial charge in [0.05, 0.1) is 11.5 Å². The molecule has 5 nitrogen and oxygen atoms in total. The summed E-state index contributed by atoms with van der Waals surface area (Å²) in [5.41, 5.74) is 0. The average molecular weight is 290 g/mol. The van der Waals surface area contributed by atoms with E-state index >= 15 is 0 Å². The zero-order valence-corrected chi connectivity index (χ0v) is 12.0. The number of halogens is 1. The first-order chi connectivity index (χ1) is 8.37. The highest BCUT2D eigenvalue weighted by Crippen LogP contribution is 2.21. The fraction of sp³-hybridized carbons (Fsp3) is 0.636. The van der Waals surface area contributed by atoms with Gasteiger partial charge in [-0.1, -0.05) is 25.4 Å². The molecule has 0 aliphatic carbocycles. The van der Waals surface area contributed by atoms with Crippen molar-refractivity contribution in [2.24, 2.45) is 0 Å². The van der Waals surface area contributed by atoms with Crippen molar-refractivity contribution in [2.75, 3.05) is 29.5 Å². The lowest BCUT2D eigenvalue weighted by Crippen LogP contribution is -2.40. The number of anilines is 1. The van der Waals surface area contributed by atoms with E-state index in [0.717, 1.165) is 0 Å². The predicted molar refractivity (Wildman–Crippen MR) is 72.0 cm³/mol. The van der Waals surface area contributed by atoms with Crippen molar-refractivity contribution in [2.45, 2.75) is 19.8 Å². The molecule has 100 valence electrons. The molecule has 0 N–H and O–H groups in total. The Kier molecular flexibility index (Phi) is 3.77. The van der Waals surface area contributed by atoms with Crippen LogP contribution in [0.25, 0.3) is 0 Å². The van der Waals surface area contributed by atoms with Gasteiger partial charge in [-0.3, -0.25) is 0 Å². The van der Waals surface area contributed by atoms with Gasteiger partial charge in [-0.2, -0.15) is 0 Å². The van der Waals surface area contributed by atoms with E-state index in [9.17, 15) is 8.42 Å². The molecule has 0 aromatic carbocycles. The smallest absolute Gasteiger partial charge is 0.153 e. The van der Waals surface area contributed by atoms with E-state index in [1.807, 2.05) is 18.7 Å². The Balaban J connectivity index is 2.24. The molecular weight excluding hydrogens is 274 g/mol. The van der Waals surface area contributed by atoms with Crippen molar-refractivity contribution in [1.82, 2.24) is 9.97 Å². The number of hydrogen-bond acceptors (Lipinski definition) is 5. The third-order valence-corrected chi connectivity index (χ3v) is 4.69. The molecule has 0 saturated carbocycles. The molecule has 1 aliphatic rings. The van der Waals surface area contributed by atoms with E-state index in [2.05, 4.69) is 9.97 Å². The van der Waals surface area contributed by atoms with Gasteiger partial charge < -0.3 is 4.90 Å². The van der Waals surface area contributed by atoms with Crippen molar-refractivity contribution in [1.29, 1.82) is 0 Å². The fourth-order valence-corrected chi connectivity index (χ4v) is 3.17. The van der Waals surface area contributed by atoms with Crippen LogP contribution in [0.5, 0.6) is 0 Å². The van der Waals surface area contributed by atoms with Crippen molar-refractivity contribution >= 4 is 27.3 Å². The zero-order valence-electron chi connectivity index (χ0n) is 10.4. The van der Waals surface area contributed by atoms with Crippen molar-refractivity contribution in [3.8, 4) is 0 Å². The Morgan fingerprint density at radius 3 is 2.44 bits per heavy atom. The van der Waals surface area contributed by atoms with Gasteiger partial charge in [-0.25, -0.2) is 18.4 Å². The number of nitrogens with zero attached hydrogens (tertiary/aromatic N) is 3. The molecule has 1 fully saturated rings. The molecular formula is C11H16ClN3O2S. The van der Waals surface area contributed by atoms with Crippen molar-refractivity contribution in [3.05, 3.63) is 17.0 Å². The summed E-state index contributed by atoms with van der Waals surface area (Å²) in [6.07, 6.45) is 0. The Hall–Kier alpha value is -0.880. The monoisotopic (exact) mass is 289 g/mol. The Bertz CT molecular complexity index is 531. The lowest BCUT2D eigenvalue weighted by atomic mass is 10.2. The van der Waals surface area contributed by atoms with Gasteiger partial charge in [-0.05, 0) is 0 Å². The summed E-state index contributed by atoms with van der Waals surface area (Å²) in [6.45, 7) is 4.92. The molecule has 0 bridgehead atoms. The maximum Gasteiger partial charge on any atom is 0.153 e.